The van der Waals surface area contributed by atoms with Crippen LogP contribution in [0.2, 0.25) is 0 Å². The standard InChI is InChI=1S/C26H50N10O7S/c1-16(27)21(39)32-18(9-7-10-31-26(28)29)23(41)33-17(8-5-6-12-36(2,3)4)24(42)34-19(14-38)25(43)35-20(15-44)22(40)30-11-13-37/h13,16-20,38H,5-12,14-15,27H2,1-4H3,(H9-,28,29,30,31,32,33,34,35,39,40,41,42,43,44)/p+1/t16-,17-,18-,19-,20-/m0/s1. The molecule has 0 aromatic rings. The van der Waals surface area contributed by atoms with Crippen molar-refractivity contribution in [1.82, 2.24) is 26.6 Å². The van der Waals surface area contributed by atoms with Crippen LogP contribution in [0.25, 0.3) is 0 Å². The lowest BCUT2D eigenvalue weighted by Gasteiger charge is -2.27. The predicted molar refractivity (Wildman–Crippen MR) is 168 cm³/mol. The highest BCUT2D eigenvalue weighted by molar-refractivity contribution is 7.80. The molecule has 0 radical (unpaired) electrons. The van der Waals surface area contributed by atoms with E-state index in [0.717, 1.165) is 13.0 Å². The maximum absolute atomic E-state index is 13.4. The van der Waals surface area contributed by atoms with Gasteiger partial charge in [0.05, 0.1) is 46.9 Å². The first-order valence-electron chi connectivity index (χ1n) is 14.3. The van der Waals surface area contributed by atoms with Crippen LogP contribution >= 0.6 is 12.6 Å². The highest BCUT2D eigenvalue weighted by Gasteiger charge is 2.31. The second-order valence-electron chi connectivity index (χ2n) is 11.3. The second-order valence-corrected chi connectivity index (χ2v) is 11.6. The van der Waals surface area contributed by atoms with Crippen LogP contribution in [0.4, 0.5) is 0 Å². The minimum atomic E-state index is -1.47. The van der Waals surface area contributed by atoms with Gasteiger partial charge in [-0.1, -0.05) is 0 Å². The van der Waals surface area contributed by atoms with Crippen molar-refractivity contribution in [3.8, 4) is 0 Å². The fourth-order valence-corrected chi connectivity index (χ4v) is 4.01. The second kappa shape index (κ2) is 21.3. The number of nitrogens with one attached hydrogen (secondary N) is 5. The van der Waals surface area contributed by atoms with Gasteiger partial charge in [-0.2, -0.15) is 12.6 Å². The van der Waals surface area contributed by atoms with Gasteiger partial charge in [0.1, 0.15) is 30.5 Å². The Hall–Kier alpha value is -3.48. The molecule has 0 aromatic carbocycles. The molecule has 0 rings (SSSR count). The number of nitrogens with two attached hydrogens (primary N) is 3. The number of aliphatic hydroxyl groups excluding tert-OH is 1. The lowest BCUT2D eigenvalue weighted by molar-refractivity contribution is -0.870. The van der Waals surface area contributed by atoms with Crippen LogP contribution in [0.5, 0.6) is 0 Å². The molecular formula is C26H51N10O7S+. The van der Waals surface area contributed by atoms with Crippen molar-refractivity contribution >= 4 is 54.4 Å². The van der Waals surface area contributed by atoms with E-state index in [1.165, 1.54) is 6.92 Å². The number of guanidine groups is 1. The van der Waals surface area contributed by atoms with Gasteiger partial charge >= 0.3 is 0 Å². The Balaban J connectivity index is 5.82. The molecule has 0 aromatic heterocycles. The molecule has 0 aliphatic carbocycles. The van der Waals surface area contributed by atoms with Gasteiger partial charge < -0.3 is 58.2 Å². The Morgan fingerprint density at radius 2 is 1.32 bits per heavy atom. The molecule has 18 heteroatoms. The van der Waals surface area contributed by atoms with Crippen LogP contribution in [-0.2, 0) is 28.8 Å². The molecule has 0 unspecified atom stereocenters. The third kappa shape index (κ3) is 17.6. The summed E-state index contributed by atoms with van der Waals surface area (Å²) in [6.07, 6.45) is 2.37. The summed E-state index contributed by atoms with van der Waals surface area (Å²) in [4.78, 5) is 78.4. The third-order valence-corrected chi connectivity index (χ3v) is 6.55. The van der Waals surface area contributed by atoms with Gasteiger partial charge in [0, 0.05) is 12.3 Å². The zero-order valence-electron chi connectivity index (χ0n) is 26.0. The topological polar surface area (TPSA) is 273 Å². The first-order valence-corrected chi connectivity index (χ1v) is 14.9. The van der Waals surface area contributed by atoms with Gasteiger partial charge in [0.15, 0.2) is 5.96 Å². The number of thiol groups is 1. The number of aldehydes is 1. The summed E-state index contributed by atoms with van der Waals surface area (Å²) < 4.78 is 0.684. The van der Waals surface area contributed by atoms with Crippen LogP contribution in [0.15, 0.2) is 4.99 Å². The number of amides is 5. The fraction of sp³-hybridized carbons (Fsp3) is 0.731. The summed E-state index contributed by atoms with van der Waals surface area (Å²) in [5, 5.41) is 22.2. The number of aliphatic imine (C=N–C) groups is 1. The summed E-state index contributed by atoms with van der Waals surface area (Å²) in [5.74, 6) is -3.80. The summed E-state index contributed by atoms with van der Waals surface area (Å²) in [6.45, 7) is 1.36. The number of hydrogen-bond donors (Lipinski definition) is 10. The van der Waals surface area contributed by atoms with Gasteiger partial charge in [0.2, 0.25) is 29.5 Å². The molecule has 0 heterocycles. The molecule has 0 aliphatic rings. The van der Waals surface area contributed by atoms with E-state index >= 15 is 0 Å². The molecule has 0 spiro atoms. The summed E-state index contributed by atoms with van der Waals surface area (Å²) in [7, 11) is 6.05. The summed E-state index contributed by atoms with van der Waals surface area (Å²) in [5.41, 5.74) is 16.4. The predicted octanol–water partition coefficient (Wildman–Crippen LogP) is -4.56. The van der Waals surface area contributed by atoms with Crippen LogP contribution < -0.4 is 43.8 Å². The SMILES string of the molecule is C[C@H](N)C(=O)N[C@@H](CCCN=C(N)N)C(=O)N[C@@H](CCCC[N+](C)(C)C)C(=O)N[C@@H](CO)C(=O)N[C@@H](CS)C(=O)NCC=O. The Bertz CT molecular complexity index is 987. The molecule has 17 nitrogen and oxygen atoms in total. The molecule has 5 atom stereocenters. The van der Waals surface area contributed by atoms with E-state index in [4.69, 9.17) is 17.2 Å². The number of rotatable bonds is 22. The molecule has 0 fully saturated rings. The molecule has 44 heavy (non-hydrogen) atoms. The quantitative estimate of drug-likeness (QED) is 0.0134. The highest BCUT2D eigenvalue weighted by atomic mass is 32.1. The molecule has 12 N–H and O–H groups in total. The largest absolute Gasteiger partial charge is 0.394 e. The molecule has 0 bridgehead atoms. The van der Waals surface area contributed by atoms with E-state index in [1.807, 2.05) is 21.1 Å². The van der Waals surface area contributed by atoms with Crippen LogP contribution in [0.3, 0.4) is 0 Å². The third-order valence-electron chi connectivity index (χ3n) is 6.19. The molecule has 0 saturated carbocycles. The average molecular weight is 648 g/mol. The molecule has 0 saturated heterocycles. The molecular weight excluding hydrogens is 596 g/mol. The number of hydrogen-bond acceptors (Lipinski definition) is 10. The monoisotopic (exact) mass is 647 g/mol. The van der Waals surface area contributed by atoms with Crippen molar-refractivity contribution in [2.45, 2.75) is 69.2 Å². The zero-order chi connectivity index (χ0) is 33.9. The minimum absolute atomic E-state index is 0.120. The maximum Gasteiger partial charge on any atom is 0.245 e. The van der Waals surface area contributed by atoms with E-state index in [9.17, 15) is 33.9 Å². The van der Waals surface area contributed by atoms with E-state index < -0.39 is 66.4 Å². The Morgan fingerprint density at radius 1 is 0.818 bits per heavy atom. The zero-order valence-corrected chi connectivity index (χ0v) is 26.9. The number of nitrogens with zero attached hydrogens (tertiary/aromatic N) is 2. The van der Waals surface area contributed by atoms with E-state index in [1.54, 1.807) is 0 Å². The Morgan fingerprint density at radius 3 is 1.80 bits per heavy atom. The highest BCUT2D eigenvalue weighted by Crippen LogP contribution is 2.08. The minimum Gasteiger partial charge on any atom is -0.394 e. The maximum atomic E-state index is 13.4. The normalized spacial score (nSPS) is 14.5. The van der Waals surface area contributed by atoms with Gasteiger partial charge in [0.25, 0.3) is 0 Å². The van der Waals surface area contributed by atoms with E-state index in [2.05, 4.69) is 44.2 Å². The number of unbranched alkanes of at least 4 members (excludes halogenated alkanes) is 1. The van der Waals surface area contributed by atoms with E-state index in [0.29, 0.717) is 23.6 Å². The number of quaternary nitrogens is 1. The molecule has 252 valence electrons. The van der Waals surface area contributed by atoms with Crippen molar-refractivity contribution in [3.63, 3.8) is 0 Å². The van der Waals surface area contributed by atoms with Gasteiger partial charge in [-0.05, 0) is 39.0 Å². The Labute approximate surface area is 263 Å². The van der Waals surface area contributed by atoms with Crippen molar-refractivity contribution in [2.24, 2.45) is 22.2 Å². The summed E-state index contributed by atoms with van der Waals surface area (Å²) in [6, 6.07) is -5.72. The number of carbonyl (C=O) groups is 6. The van der Waals surface area contributed by atoms with Gasteiger partial charge in [-0.15, -0.1) is 0 Å². The van der Waals surface area contributed by atoms with Crippen molar-refractivity contribution in [1.29, 1.82) is 0 Å². The lowest BCUT2D eigenvalue weighted by atomic mass is 10.0. The average Bonchev–Trinajstić information content (AvgIpc) is 2.94. The van der Waals surface area contributed by atoms with Crippen LogP contribution in [0.1, 0.15) is 39.0 Å². The smallest absolute Gasteiger partial charge is 0.245 e. The van der Waals surface area contributed by atoms with Gasteiger partial charge in [-0.25, -0.2) is 0 Å². The van der Waals surface area contributed by atoms with Crippen LogP contribution in [0, 0.1) is 0 Å². The number of carbonyl (C=O) groups excluding carboxylic acids is 6. The van der Waals surface area contributed by atoms with Crippen molar-refractivity contribution in [2.75, 3.05) is 53.1 Å². The summed E-state index contributed by atoms with van der Waals surface area (Å²) >= 11 is 4.03. The fourth-order valence-electron chi connectivity index (χ4n) is 3.75. The first-order chi connectivity index (χ1) is 20.6. The first kappa shape index (κ1) is 40.5. The van der Waals surface area contributed by atoms with E-state index in [-0.39, 0.29) is 37.6 Å². The molecule has 0 aliphatic heterocycles. The number of aliphatic hydroxyl groups is 1. The van der Waals surface area contributed by atoms with Crippen LogP contribution in [-0.4, -0.2) is 135 Å². The van der Waals surface area contributed by atoms with Crippen molar-refractivity contribution < 1.29 is 38.4 Å². The van der Waals surface area contributed by atoms with Crippen molar-refractivity contribution in [3.05, 3.63) is 0 Å². The Kier molecular flexibility index (Phi) is 19.6. The lowest BCUT2D eigenvalue weighted by Crippen LogP contribution is -2.59. The molecule has 5 amide bonds. The van der Waals surface area contributed by atoms with Gasteiger partial charge in [-0.3, -0.25) is 29.0 Å².